The molecular weight excluding hydrogens is 452 g/mol. The van der Waals surface area contributed by atoms with Gasteiger partial charge in [-0.1, -0.05) is 77.8 Å². The molecule has 4 aromatic rings. The molecule has 34 heavy (non-hydrogen) atoms. The van der Waals surface area contributed by atoms with Gasteiger partial charge in [-0.3, -0.25) is 15.5 Å². The molecule has 0 aliphatic carbocycles. The molecule has 1 aromatic heterocycles. The van der Waals surface area contributed by atoms with E-state index in [0.717, 1.165) is 11.1 Å². The van der Waals surface area contributed by atoms with Crippen LogP contribution >= 0.6 is 11.6 Å². The highest BCUT2D eigenvalue weighted by atomic mass is 35.5. The average Bonchev–Trinajstić information content (AvgIpc) is 2.86. The number of anilines is 2. The van der Waals surface area contributed by atoms with E-state index in [1.54, 1.807) is 42.5 Å². The molecule has 7 nitrogen and oxygen atoms in total. The summed E-state index contributed by atoms with van der Waals surface area (Å²) in [5.41, 5.74) is 12.0. The van der Waals surface area contributed by atoms with Crippen molar-refractivity contribution in [2.45, 2.75) is 13.2 Å². The normalized spacial score (nSPS) is 11.1. The lowest BCUT2D eigenvalue weighted by atomic mass is 9.98. The zero-order chi connectivity index (χ0) is 24.5. The monoisotopic (exact) mass is 476 g/mol. The van der Waals surface area contributed by atoms with Crippen LogP contribution in [0.5, 0.6) is 0 Å². The van der Waals surface area contributed by atoms with Gasteiger partial charge < -0.3 is 16.2 Å². The fraction of sp³-hybridized carbons (Fsp3) is 0.0769. The molecule has 0 radical (unpaired) electrons. The third-order valence-corrected chi connectivity index (χ3v) is 5.17. The summed E-state index contributed by atoms with van der Waals surface area (Å²) in [6.45, 7) is 2.03. The number of aryl methyl sites for hydroxylation is 1. The predicted molar refractivity (Wildman–Crippen MR) is 135 cm³/mol. The van der Waals surface area contributed by atoms with Crippen molar-refractivity contribution in [3.8, 4) is 11.1 Å². The van der Waals surface area contributed by atoms with Gasteiger partial charge in [0, 0.05) is 17.3 Å². The smallest absolute Gasteiger partial charge is 0.249 e. The zero-order valence-corrected chi connectivity index (χ0v) is 19.2. The minimum atomic E-state index is -0.991. The number of hydrogen-bond donors (Lipinski definition) is 5. The van der Waals surface area contributed by atoms with E-state index in [4.69, 9.17) is 22.5 Å². The van der Waals surface area contributed by atoms with Crippen LogP contribution in [0, 0.1) is 6.92 Å². The number of aromatic nitrogens is 1. The summed E-state index contributed by atoms with van der Waals surface area (Å²) in [6.07, 6.45) is 0.488. The van der Waals surface area contributed by atoms with Gasteiger partial charge in [-0.05, 0) is 42.3 Å². The Morgan fingerprint density at radius 1 is 0.971 bits per heavy atom. The summed E-state index contributed by atoms with van der Waals surface area (Å²) in [6, 6.07) is 25.6. The lowest BCUT2D eigenvalue weighted by Gasteiger charge is -2.16. The van der Waals surface area contributed by atoms with E-state index >= 15 is 0 Å². The SMILES string of the molecule is Cc1ccc(-c2ccccc2C(N)=O)cc1.ONc1ccccc1C(O)Nc1ccc(Cl)cn1. The number of carbonyl (C=O) groups excluding carboxylic acids is 1. The Labute approximate surface area is 202 Å². The van der Waals surface area contributed by atoms with Crippen molar-refractivity contribution < 1.29 is 15.1 Å². The molecule has 8 heteroatoms. The topological polar surface area (TPSA) is 121 Å². The molecule has 0 saturated carbocycles. The second-order valence-electron chi connectivity index (χ2n) is 7.38. The number of nitrogens with two attached hydrogens (primary N) is 1. The van der Waals surface area contributed by atoms with Gasteiger partial charge >= 0.3 is 0 Å². The first-order valence-corrected chi connectivity index (χ1v) is 10.8. The Morgan fingerprint density at radius 3 is 2.29 bits per heavy atom. The van der Waals surface area contributed by atoms with E-state index in [2.05, 4.69) is 10.3 Å². The first-order valence-electron chi connectivity index (χ1n) is 10.4. The number of primary amides is 1. The molecule has 1 amide bonds. The van der Waals surface area contributed by atoms with Gasteiger partial charge in [0.05, 0.1) is 10.7 Å². The fourth-order valence-corrected chi connectivity index (χ4v) is 3.31. The number of aliphatic hydroxyl groups is 1. The maximum atomic E-state index is 11.3. The Kier molecular flexibility index (Phi) is 8.59. The zero-order valence-electron chi connectivity index (χ0n) is 18.4. The van der Waals surface area contributed by atoms with Crippen LogP contribution in [0.15, 0.2) is 91.1 Å². The minimum absolute atomic E-state index is 0.392. The number of aliphatic hydroxyl groups excluding tert-OH is 1. The number of nitrogens with zero attached hydrogens (tertiary/aromatic N) is 1. The second kappa shape index (κ2) is 11.8. The molecule has 1 atom stereocenters. The molecule has 1 unspecified atom stereocenters. The van der Waals surface area contributed by atoms with Crippen LogP contribution in [-0.2, 0) is 0 Å². The number of nitrogens with one attached hydrogen (secondary N) is 2. The maximum Gasteiger partial charge on any atom is 0.249 e. The molecule has 0 fully saturated rings. The third kappa shape index (κ3) is 6.55. The molecule has 0 aliphatic heterocycles. The van der Waals surface area contributed by atoms with E-state index in [-0.39, 0.29) is 0 Å². The Hall–Kier alpha value is -3.91. The number of carbonyl (C=O) groups is 1. The highest BCUT2D eigenvalue weighted by molar-refractivity contribution is 6.30. The molecule has 0 spiro atoms. The lowest BCUT2D eigenvalue weighted by Crippen LogP contribution is -2.12. The maximum absolute atomic E-state index is 11.3. The van der Waals surface area contributed by atoms with Gasteiger partial charge in [0.25, 0.3) is 0 Å². The molecule has 0 aliphatic rings. The van der Waals surface area contributed by atoms with E-state index in [1.165, 1.54) is 11.8 Å². The molecular formula is C26H25ClN4O3. The Bertz CT molecular complexity index is 1230. The Balaban J connectivity index is 0.000000192. The standard InChI is InChI=1S/C14H13NO.C12H12ClN3O2/c1-10-6-8-11(9-7-10)12-4-2-3-5-13(12)14(15)16;13-8-5-6-11(14-7-8)15-12(17)9-3-1-2-4-10(9)16-18/h2-9H,1H3,(H2,15,16);1-7,12,16-18H,(H,14,15). The van der Waals surface area contributed by atoms with Crippen molar-refractivity contribution in [1.29, 1.82) is 0 Å². The van der Waals surface area contributed by atoms with Crippen LogP contribution in [-0.4, -0.2) is 21.2 Å². The third-order valence-electron chi connectivity index (χ3n) is 4.94. The summed E-state index contributed by atoms with van der Waals surface area (Å²) < 4.78 is 0. The number of para-hydroxylation sites is 1. The van der Waals surface area contributed by atoms with Crippen LogP contribution in [0.4, 0.5) is 11.5 Å². The first kappa shape index (κ1) is 24.7. The quantitative estimate of drug-likeness (QED) is 0.188. The largest absolute Gasteiger partial charge is 0.369 e. The summed E-state index contributed by atoms with van der Waals surface area (Å²) in [4.78, 5) is 15.3. The number of benzene rings is 3. The van der Waals surface area contributed by atoms with Crippen molar-refractivity contribution >= 4 is 29.0 Å². The van der Waals surface area contributed by atoms with Gasteiger partial charge in [-0.2, -0.15) is 0 Å². The first-order chi connectivity index (χ1) is 16.4. The van der Waals surface area contributed by atoms with E-state index in [9.17, 15) is 9.90 Å². The Morgan fingerprint density at radius 2 is 1.65 bits per heavy atom. The van der Waals surface area contributed by atoms with Crippen molar-refractivity contribution in [2.24, 2.45) is 5.73 Å². The summed E-state index contributed by atoms with van der Waals surface area (Å²) in [5, 5.41) is 22.3. The summed E-state index contributed by atoms with van der Waals surface area (Å²) >= 11 is 5.72. The molecule has 4 rings (SSSR count). The van der Waals surface area contributed by atoms with Gasteiger partial charge in [0.2, 0.25) is 5.91 Å². The van der Waals surface area contributed by atoms with Crippen LogP contribution in [0.1, 0.15) is 27.7 Å². The summed E-state index contributed by atoms with van der Waals surface area (Å²) in [5.74, 6) is 0.0933. The average molecular weight is 477 g/mol. The predicted octanol–water partition coefficient (Wildman–Crippen LogP) is 5.40. The van der Waals surface area contributed by atoms with Crippen molar-refractivity contribution in [2.75, 3.05) is 10.8 Å². The minimum Gasteiger partial charge on any atom is -0.369 e. The van der Waals surface area contributed by atoms with Gasteiger partial charge in [0.1, 0.15) is 5.82 Å². The number of rotatable bonds is 6. The number of amides is 1. The second-order valence-corrected chi connectivity index (χ2v) is 7.82. The molecule has 1 heterocycles. The fourth-order valence-electron chi connectivity index (χ4n) is 3.20. The highest BCUT2D eigenvalue weighted by Gasteiger charge is 2.12. The molecule has 0 saturated heterocycles. The van der Waals surface area contributed by atoms with Crippen molar-refractivity contribution in [1.82, 2.24) is 4.98 Å². The molecule has 174 valence electrons. The van der Waals surface area contributed by atoms with E-state index < -0.39 is 12.1 Å². The van der Waals surface area contributed by atoms with Gasteiger partial charge in [-0.15, -0.1) is 0 Å². The van der Waals surface area contributed by atoms with Crippen LogP contribution in [0.3, 0.4) is 0 Å². The summed E-state index contributed by atoms with van der Waals surface area (Å²) in [7, 11) is 0. The number of halogens is 1. The molecule has 3 aromatic carbocycles. The highest BCUT2D eigenvalue weighted by Crippen LogP contribution is 2.24. The van der Waals surface area contributed by atoms with Gasteiger partial charge in [-0.25, -0.2) is 4.98 Å². The molecule has 6 N–H and O–H groups in total. The van der Waals surface area contributed by atoms with Crippen LogP contribution < -0.4 is 16.5 Å². The number of hydrogen-bond acceptors (Lipinski definition) is 6. The van der Waals surface area contributed by atoms with E-state index in [1.807, 2.05) is 54.9 Å². The van der Waals surface area contributed by atoms with Crippen LogP contribution in [0.25, 0.3) is 11.1 Å². The lowest BCUT2D eigenvalue weighted by molar-refractivity contribution is 0.100. The van der Waals surface area contributed by atoms with Gasteiger partial charge in [0.15, 0.2) is 6.23 Å². The molecule has 0 bridgehead atoms. The van der Waals surface area contributed by atoms with Crippen molar-refractivity contribution in [3.63, 3.8) is 0 Å². The van der Waals surface area contributed by atoms with Crippen molar-refractivity contribution in [3.05, 3.63) is 113 Å². The number of pyridine rings is 1. The van der Waals surface area contributed by atoms with E-state index in [0.29, 0.717) is 27.7 Å². The van der Waals surface area contributed by atoms with Crippen LogP contribution in [0.2, 0.25) is 5.02 Å².